The number of hydrogen-bond acceptors (Lipinski definition) is 4. The minimum absolute atomic E-state index is 0.00283. The Bertz CT molecular complexity index is 872. The van der Waals surface area contributed by atoms with Crippen molar-refractivity contribution in [1.29, 1.82) is 0 Å². The molecule has 0 aromatic heterocycles. The van der Waals surface area contributed by atoms with Crippen LogP contribution < -0.4 is 0 Å². The van der Waals surface area contributed by atoms with E-state index in [4.69, 9.17) is 16.3 Å². The molecule has 1 aromatic carbocycles. The molecule has 1 amide bonds. The largest absolute Gasteiger partial charge is 0.352 e. The average molecular weight is 399 g/mol. The van der Waals surface area contributed by atoms with E-state index in [1.54, 1.807) is 25.1 Å². The summed E-state index contributed by atoms with van der Waals surface area (Å²) < 4.78 is 34.3. The number of ether oxygens (including phenoxy) is 1. The Morgan fingerprint density at radius 2 is 2.08 bits per heavy atom. The predicted molar refractivity (Wildman–Crippen MR) is 97.3 cm³/mol. The highest BCUT2D eigenvalue weighted by Gasteiger charge is 2.66. The summed E-state index contributed by atoms with van der Waals surface area (Å²) in [6, 6.07) is 4.41. The first-order chi connectivity index (χ1) is 12.2. The number of amides is 1. The predicted octanol–water partition coefficient (Wildman–Crippen LogP) is 2.39. The third-order valence-electron chi connectivity index (χ3n) is 6.01. The summed E-state index contributed by atoms with van der Waals surface area (Å²) in [6.45, 7) is 6.63. The van der Waals surface area contributed by atoms with Crippen LogP contribution in [0.1, 0.15) is 32.3 Å². The van der Waals surface area contributed by atoms with Gasteiger partial charge in [0.1, 0.15) is 0 Å². The Morgan fingerprint density at radius 3 is 2.77 bits per heavy atom. The van der Waals surface area contributed by atoms with E-state index in [0.29, 0.717) is 30.2 Å². The van der Waals surface area contributed by atoms with Crippen LogP contribution in [-0.4, -0.2) is 54.5 Å². The first-order valence-corrected chi connectivity index (χ1v) is 10.7. The topological polar surface area (TPSA) is 66.9 Å². The first kappa shape index (κ1) is 18.2. The number of nitrogens with zero attached hydrogens (tertiary/aromatic N) is 2. The Balaban J connectivity index is 1.74. The van der Waals surface area contributed by atoms with E-state index < -0.39 is 21.8 Å². The maximum Gasteiger partial charge on any atom is 0.243 e. The van der Waals surface area contributed by atoms with Gasteiger partial charge in [-0.3, -0.25) is 4.79 Å². The minimum atomic E-state index is -3.76. The second kappa shape index (κ2) is 5.92. The molecule has 142 valence electrons. The first-order valence-electron chi connectivity index (χ1n) is 8.93. The third-order valence-corrected chi connectivity index (χ3v) is 8.48. The molecule has 0 N–H and O–H groups in total. The maximum atomic E-state index is 13.3. The summed E-state index contributed by atoms with van der Waals surface area (Å²) in [6.07, 6.45) is 0.674. The molecular formula is C18H23ClN2O4S. The van der Waals surface area contributed by atoms with E-state index in [0.717, 1.165) is 0 Å². The van der Waals surface area contributed by atoms with Crippen molar-refractivity contribution < 1.29 is 17.9 Å². The quantitative estimate of drug-likeness (QED) is 0.784. The average Bonchev–Trinajstić information content (AvgIpc) is 3.19. The normalized spacial score (nSPS) is 31.7. The number of benzene rings is 1. The van der Waals surface area contributed by atoms with Crippen molar-refractivity contribution in [3.8, 4) is 0 Å². The Hall–Kier alpha value is -1.15. The lowest BCUT2D eigenvalue weighted by Gasteiger charge is -2.34. The molecule has 0 radical (unpaired) electrons. The summed E-state index contributed by atoms with van der Waals surface area (Å²) in [5.41, 5.74) is -0.283. The highest BCUT2D eigenvalue weighted by Crippen LogP contribution is 2.50. The molecule has 6 nitrogen and oxygen atoms in total. The molecule has 0 saturated carbocycles. The number of halogens is 1. The fourth-order valence-corrected chi connectivity index (χ4v) is 6.75. The van der Waals surface area contributed by atoms with Crippen LogP contribution in [0.2, 0.25) is 5.02 Å². The Kier molecular flexibility index (Phi) is 4.15. The van der Waals surface area contributed by atoms with Gasteiger partial charge < -0.3 is 9.64 Å². The summed E-state index contributed by atoms with van der Waals surface area (Å²) in [4.78, 5) is 14.7. The maximum absolute atomic E-state index is 13.3. The third kappa shape index (κ3) is 2.30. The molecule has 4 rings (SSSR count). The van der Waals surface area contributed by atoms with E-state index in [9.17, 15) is 13.2 Å². The molecule has 8 heteroatoms. The Labute approximate surface area is 159 Å². The van der Waals surface area contributed by atoms with Gasteiger partial charge in [-0.2, -0.15) is 4.31 Å². The molecule has 3 heterocycles. The molecule has 3 saturated heterocycles. The van der Waals surface area contributed by atoms with Crippen molar-refractivity contribution in [3.63, 3.8) is 0 Å². The van der Waals surface area contributed by atoms with Gasteiger partial charge in [0.2, 0.25) is 15.9 Å². The van der Waals surface area contributed by atoms with Gasteiger partial charge in [-0.05, 0) is 30.5 Å². The van der Waals surface area contributed by atoms with Gasteiger partial charge >= 0.3 is 0 Å². The number of carbonyl (C=O) groups excluding carboxylic acids is 1. The molecule has 3 fully saturated rings. The Morgan fingerprint density at radius 1 is 1.35 bits per heavy atom. The molecule has 3 aliphatic rings. The van der Waals surface area contributed by atoms with E-state index in [2.05, 4.69) is 13.8 Å². The van der Waals surface area contributed by atoms with Crippen LogP contribution >= 0.6 is 11.6 Å². The van der Waals surface area contributed by atoms with Crippen molar-refractivity contribution in [1.82, 2.24) is 9.21 Å². The lowest BCUT2D eigenvalue weighted by atomic mass is 10.0. The van der Waals surface area contributed by atoms with Crippen molar-refractivity contribution in [2.24, 2.45) is 5.92 Å². The monoisotopic (exact) mass is 398 g/mol. The highest BCUT2D eigenvalue weighted by atomic mass is 35.5. The van der Waals surface area contributed by atoms with Crippen molar-refractivity contribution in [3.05, 3.63) is 28.8 Å². The smallest absolute Gasteiger partial charge is 0.243 e. The van der Waals surface area contributed by atoms with Gasteiger partial charge in [0.25, 0.3) is 0 Å². The molecule has 0 bridgehead atoms. The van der Waals surface area contributed by atoms with E-state index in [1.807, 2.05) is 4.90 Å². The lowest BCUT2D eigenvalue weighted by molar-refractivity contribution is -0.139. The van der Waals surface area contributed by atoms with Gasteiger partial charge in [-0.1, -0.05) is 31.5 Å². The fourth-order valence-electron chi connectivity index (χ4n) is 4.61. The van der Waals surface area contributed by atoms with Gasteiger partial charge in [0, 0.05) is 24.4 Å². The fraction of sp³-hybridized carbons (Fsp3) is 0.611. The number of carbonyl (C=O) groups is 1. The minimum Gasteiger partial charge on any atom is -0.352 e. The van der Waals surface area contributed by atoms with Crippen LogP contribution in [0.3, 0.4) is 0 Å². The summed E-state index contributed by atoms with van der Waals surface area (Å²) in [5.74, 6) is 0.242. The SMILES string of the molecule is Cc1c(Cl)cccc1S(=O)(=O)N1CC[C@@]23OC[C@@H](C(C)C)N2C(=O)C[C@@H]13. The van der Waals surface area contributed by atoms with E-state index in [1.165, 1.54) is 4.31 Å². The van der Waals surface area contributed by atoms with Crippen molar-refractivity contribution >= 4 is 27.5 Å². The van der Waals surface area contributed by atoms with Gasteiger partial charge in [-0.25, -0.2) is 8.42 Å². The molecule has 1 spiro atoms. The molecule has 3 aliphatic heterocycles. The van der Waals surface area contributed by atoms with Crippen LogP contribution in [0, 0.1) is 12.8 Å². The molecule has 26 heavy (non-hydrogen) atoms. The van der Waals surface area contributed by atoms with Crippen LogP contribution in [0.4, 0.5) is 0 Å². The molecule has 3 atom stereocenters. The molecule has 1 aromatic rings. The molecule has 0 unspecified atom stereocenters. The van der Waals surface area contributed by atoms with Crippen LogP contribution in [0.15, 0.2) is 23.1 Å². The van der Waals surface area contributed by atoms with Gasteiger partial charge in [-0.15, -0.1) is 0 Å². The second-order valence-corrected chi connectivity index (χ2v) is 9.95. The standard InChI is InChI=1S/C18H23ClN2O4S/c1-11(2)14-10-25-18-7-8-20(16(18)9-17(22)21(14)18)26(23,24)15-6-4-5-13(19)12(15)3/h4-6,11,14,16H,7-10H2,1-3H3/t14-,16+,18-/m0/s1. The summed E-state index contributed by atoms with van der Waals surface area (Å²) in [5, 5.41) is 0.418. The second-order valence-electron chi connectivity index (χ2n) is 7.68. The van der Waals surface area contributed by atoms with E-state index >= 15 is 0 Å². The zero-order chi connectivity index (χ0) is 18.9. The highest BCUT2D eigenvalue weighted by molar-refractivity contribution is 7.89. The van der Waals surface area contributed by atoms with Crippen LogP contribution in [-0.2, 0) is 19.6 Å². The van der Waals surface area contributed by atoms with E-state index in [-0.39, 0.29) is 29.2 Å². The van der Waals surface area contributed by atoms with Crippen molar-refractivity contribution in [2.75, 3.05) is 13.2 Å². The number of rotatable bonds is 3. The van der Waals surface area contributed by atoms with Crippen LogP contribution in [0.25, 0.3) is 0 Å². The van der Waals surface area contributed by atoms with Gasteiger partial charge in [0.15, 0.2) is 5.72 Å². The summed E-state index contributed by atoms with van der Waals surface area (Å²) in [7, 11) is -3.76. The summed E-state index contributed by atoms with van der Waals surface area (Å²) >= 11 is 6.13. The molecular weight excluding hydrogens is 376 g/mol. The zero-order valence-corrected chi connectivity index (χ0v) is 16.7. The number of sulfonamides is 1. The van der Waals surface area contributed by atoms with Crippen LogP contribution in [0.5, 0.6) is 0 Å². The molecule has 0 aliphatic carbocycles. The lowest BCUT2D eigenvalue weighted by Crippen LogP contribution is -2.51. The number of hydrogen-bond donors (Lipinski definition) is 0. The van der Waals surface area contributed by atoms with Gasteiger partial charge in [0.05, 0.1) is 23.6 Å². The zero-order valence-electron chi connectivity index (χ0n) is 15.1. The van der Waals surface area contributed by atoms with Crippen molar-refractivity contribution in [2.45, 2.75) is 56.3 Å².